The summed E-state index contributed by atoms with van der Waals surface area (Å²) in [6.07, 6.45) is 5.16. The Morgan fingerprint density at radius 2 is 2.11 bits per heavy atom. The normalized spacial score (nSPS) is 24.8. The van der Waals surface area contributed by atoms with Crippen LogP contribution in [0, 0.1) is 0 Å². The van der Waals surface area contributed by atoms with Gasteiger partial charge >= 0.3 is 5.97 Å². The van der Waals surface area contributed by atoms with Crippen molar-refractivity contribution in [1.29, 1.82) is 0 Å². The van der Waals surface area contributed by atoms with E-state index in [-0.39, 0.29) is 5.69 Å². The minimum absolute atomic E-state index is 0.168. The Morgan fingerprint density at radius 3 is 2.79 bits per heavy atom. The highest BCUT2D eigenvalue weighted by molar-refractivity contribution is 7.13. The highest BCUT2D eigenvalue weighted by Gasteiger charge is 2.30. The maximum Gasteiger partial charge on any atom is 0.355 e. The molecule has 2 aliphatic rings. The van der Waals surface area contributed by atoms with Gasteiger partial charge in [-0.25, -0.2) is 9.78 Å². The van der Waals surface area contributed by atoms with Crippen molar-refractivity contribution in [3.8, 4) is 0 Å². The number of aromatic nitrogens is 1. The highest BCUT2D eigenvalue weighted by Crippen LogP contribution is 2.27. The van der Waals surface area contributed by atoms with E-state index >= 15 is 0 Å². The first kappa shape index (κ1) is 12.9. The second-order valence-electron chi connectivity index (χ2n) is 5.31. The fourth-order valence-electron chi connectivity index (χ4n) is 3.00. The molecule has 5 nitrogen and oxygen atoms in total. The molecule has 3 heterocycles. The molecule has 19 heavy (non-hydrogen) atoms. The van der Waals surface area contributed by atoms with Crippen LogP contribution in [0.3, 0.4) is 0 Å². The lowest BCUT2D eigenvalue weighted by Gasteiger charge is -2.32. The van der Waals surface area contributed by atoms with E-state index in [9.17, 15) is 4.79 Å². The first-order chi connectivity index (χ1) is 9.24. The predicted molar refractivity (Wildman–Crippen MR) is 75.1 cm³/mol. The molecule has 1 atom stereocenters. The number of carboxylic acid groups (broad SMARTS) is 1. The van der Waals surface area contributed by atoms with Crippen LogP contribution in [0.2, 0.25) is 0 Å². The summed E-state index contributed by atoms with van der Waals surface area (Å²) >= 11 is 1.44. The van der Waals surface area contributed by atoms with Crippen LogP contribution >= 0.6 is 11.3 Å². The van der Waals surface area contributed by atoms with Gasteiger partial charge in [-0.3, -0.25) is 4.90 Å². The van der Waals surface area contributed by atoms with E-state index in [0.29, 0.717) is 6.04 Å². The zero-order valence-corrected chi connectivity index (χ0v) is 11.7. The summed E-state index contributed by atoms with van der Waals surface area (Å²) in [4.78, 5) is 19.9. The average molecular weight is 281 g/mol. The maximum atomic E-state index is 10.9. The third-order valence-corrected chi connectivity index (χ3v) is 4.95. The molecule has 0 radical (unpaired) electrons. The molecule has 1 aromatic heterocycles. The minimum Gasteiger partial charge on any atom is -0.476 e. The van der Waals surface area contributed by atoms with E-state index in [4.69, 9.17) is 5.11 Å². The van der Waals surface area contributed by atoms with Crippen LogP contribution in [0.15, 0.2) is 5.38 Å². The lowest BCUT2D eigenvalue weighted by Crippen LogP contribution is -2.40. The van der Waals surface area contributed by atoms with Crippen molar-refractivity contribution in [1.82, 2.24) is 9.88 Å². The topological polar surface area (TPSA) is 56.7 Å². The molecule has 3 rings (SSSR count). The van der Waals surface area contributed by atoms with Crippen LogP contribution in [0.25, 0.3) is 0 Å². The van der Waals surface area contributed by atoms with Gasteiger partial charge in [-0.2, -0.15) is 0 Å². The molecule has 104 valence electrons. The number of hydrogen-bond donors (Lipinski definition) is 1. The quantitative estimate of drug-likeness (QED) is 0.917. The number of rotatable bonds is 3. The Morgan fingerprint density at radius 1 is 1.32 bits per heavy atom. The van der Waals surface area contributed by atoms with Crippen LogP contribution < -0.4 is 4.90 Å². The summed E-state index contributed by atoms with van der Waals surface area (Å²) in [5.41, 5.74) is 0.168. The molecule has 6 heteroatoms. The van der Waals surface area contributed by atoms with Crippen molar-refractivity contribution >= 4 is 22.4 Å². The van der Waals surface area contributed by atoms with E-state index in [2.05, 4.69) is 14.8 Å². The van der Waals surface area contributed by atoms with Crippen LogP contribution in [-0.4, -0.2) is 53.2 Å². The van der Waals surface area contributed by atoms with E-state index < -0.39 is 5.97 Å². The summed E-state index contributed by atoms with van der Waals surface area (Å²) in [6, 6.07) is 0.623. The number of carbonyl (C=O) groups is 1. The summed E-state index contributed by atoms with van der Waals surface area (Å²) in [5, 5.41) is 11.4. The van der Waals surface area contributed by atoms with Gasteiger partial charge < -0.3 is 10.0 Å². The van der Waals surface area contributed by atoms with Gasteiger partial charge in [-0.1, -0.05) is 6.42 Å². The fraction of sp³-hybridized carbons (Fsp3) is 0.692. The Balaban J connectivity index is 1.62. The molecule has 2 saturated heterocycles. The summed E-state index contributed by atoms with van der Waals surface area (Å²) in [6.45, 7) is 4.42. The lowest BCUT2D eigenvalue weighted by atomic mass is 10.1. The zero-order valence-electron chi connectivity index (χ0n) is 10.9. The van der Waals surface area contributed by atoms with Gasteiger partial charge in [0, 0.05) is 24.5 Å². The Bertz CT molecular complexity index is 456. The predicted octanol–water partition coefficient (Wildman–Crippen LogP) is 1.91. The molecular weight excluding hydrogens is 262 g/mol. The number of carboxylic acids is 1. The zero-order chi connectivity index (χ0) is 13.2. The number of likely N-dealkylation sites (tertiary alicyclic amines) is 1. The third-order valence-electron chi connectivity index (χ3n) is 4.05. The Labute approximate surface area is 116 Å². The average Bonchev–Trinajstić information content (AvgIpc) is 3.09. The second kappa shape index (κ2) is 5.46. The molecule has 2 fully saturated rings. The molecule has 0 amide bonds. The van der Waals surface area contributed by atoms with Crippen molar-refractivity contribution in [2.45, 2.75) is 31.7 Å². The van der Waals surface area contributed by atoms with E-state index in [1.807, 2.05) is 0 Å². The van der Waals surface area contributed by atoms with Crippen molar-refractivity contribution in [3.05, 3.63) is 11.1 Å². The number of piperidine rings is 1. The number of thiazole rings is 1. The molecule has 1 aromatic rings. The van der Waals surface area contributed by atoms with Gasteiger partial charge in [0.15, 0.2) is 10.8 Å². The number of anilines is 1. The highest BCUT2D eigenvalue weighted by atomic mass is 32.1. The van der Waals surface area contributed by atoms with Gasteiger partial charge in [-0.15, -0.1) is 11.3 Å². The van der Waals surface area contributed by atoms with Gasteiger partial charge in [0.2, 0.25) is 0 Å². The third kappa shape index (κ3) is 2.74. The Kier molecular flexibility index (Phi) is 3.70. The van der Waals surface area contributed by atoms with Crippen LogP contribution in [0.5, 0.6) is 0 Å². The molecule has 2 aliphatic heterocycles. The standard InChI is InChI=1S/C13H19N3O2S/c17-12(18)11-9-19-13(14-11)16-7-4-10(8-16)15-5-2-1-3-6-15/h9-10H,1-8H2,(H,17,18). The Hall–Kier alpha value is -1.14. The largest absolute Gasteiger partial charge is 0.476 e. The van der Waals surface area contributed by atoms with Gasteiger partial charge in [0.1, 0.15) is 0 Å². The summed E-state index contributed by atoms with van der Waals surface area (Å²) in [7, 11) is 0. The van der Waals surface area contributed by atoms with E-state index in [1.165, 1.54) is 50.1 Å². The molecule has 0 spiro atoms. The molecule has 0 bridgehead atoms. The fourth-order valence-corrected chi connectivity index (χ4v) is 3.84. The minimum atomic E-state index is -0.936. The number of hydrogen-bond acceptors (Lipinski definition) is 5. The lowest BCUT2D eigenvalue weighted by molar-refractivity contribution is 0.0691. The number of aromatic carboxylic acids is 1. The maximum absolute atomic E-state index is 10.9. The van der Waals surface area contributed by atoms with Crippen molar-refractivity contribution < 1.29 is 9.90 Å². The smallest absolute Gasteiger partial charge is 0.355 e. The monoisotopic (exact) mass is 281 g/mol. The SMILES string of the molecule is O=C(O)c1csc(N2CCC(N3CCCCC3)C2)n1. The molecule has 1 unspecified atom stereocenters. The van der Waals surface area contributed by atoms with E-state index in [0.717, 1.165) is 18.2 Å². The second-order valence-corrected chi connectivity index (χ2v) is 6.14. The molecule has 0 saturated carbocycles. The van der Waals surface area contributed by atoms with Crippen molar-refractivity contribution in [3.63, 3.8) is 0 Å². The van der Waals surface area contributed by atoms with Gasteiger partial charge in [-0.05, 0) is 32.4 Å². The summed E-state index contributed by atoms with van der Waals surface area (Å²) in [5.74, 6) is -0.936. The molecule has 1 N–H and O–H groups in total. The van der Waals surface area contributed by atoms with E-state index in [1.54, 1.807) is 5.38 Å². The molecule has 0 aromatic carbocycles. The van der Waals surface area contributed by atoms with Crippen LogP contribution in [0.4, 0.5) is 5.13 Å². The van der Waals surface area contributed by atoms with Crippen LogP contribution in [0.1, 0.15) is 36.2 Å². The van der Waals surface area contributed by atoms with Crippen molar-refractivity contribution in [2.24, 2.45) is 0 Å². The van der Waals surface area contributed by atoms with Crippen LogP contribution in [-0.2, 0) is 0 Å². The molecular formula is C13H19N3O2S. The first-order valence-electron chi connectivity index (χ1n) is 6.92. The molecule has 0 aliphatic carbocycles. The first-order valence-corrected chi connectivity index (χ1v) is 7.80. The number of nitrogens with zero attached hydrogens (tertiary/aromatic N) is 3. The van der Waals surface area contributed by atoms with Gasteiger partial charge in [0.05, 0.1) is 0 Å². The van der Waals surface area contributed by atoms with Crippen molar-refractivity contribution in [2.75, 3.05) is 31.1 Å². The van der Waals surface area contributed by atoms with Gasteiger partial charge in [0.25, 0.3) is 0 Å². The summed E-state index contributed by atoms with van der Waals surface area (Å²) < 4.78 is 0.